The van der Waals surface area contributed by atoms with E-state index in [0.29, 0.717) is 6.54 Å². The van der Waals surface area contributed by atoms with E-state index in [1.165, 1.54) is 5.56 Å². The number of amides is 1. The van der Waals surface area contributed by atoms with Crippen LogP contribution in [0.2, 0.25) is 0 Å². The molecule has 0 aliphatic carbocycles. The topological polar surface area (TPSA) is 51.0 Å². The van der Waals surface area contributed by atoms with Gasteiger partial charge in [0.25, 0.3) is 0 Å². The van der Waals surface area contributed by atoms with Crippen LogP contribution < -0.4 is 4.90 Å². The van der Waals surface area contributed by atoms with Gasteiger partial charge in [0.2, 0.25) is 5.91 Å². The minimum atomic E-state index is -0.152. The first-order valence-electron chi connectivity index (χ1n) is 7.72. The van der Waals surface area contributed by atoms with Crippen molar-refractivity contribution >= 4 is 23.2 Å². The fourth-order valence-corrected chi connectivity index (χ4v) is 2.31. The molecule has 0 radical (unpaired) electrons. The van der Waals surface area contributed by atoms with Gasteiger partial charge in [-0.1, -0.05) is 24.3 Å². The van der Waals surface area contributed by atoms with E-state index < -0.39 is 0 Å². The molecule has 5 nitrogen and oxygen atoms in total. The fourth-order valence-electron chi connectivity index (χ4n) is 2.17. The van der Waals surface area contributed by atoms with Gasteiger partial charge in [0.1, 0.15) is 11.6 Å². The summed E-state index contributed by atoms with van der Waals surface area (Å²) in [7, 11) is 0. The van der Waals surface area contributed by atoms with Crippen molar-refractivity contribution < 1.29 is 4.79 Å². The second kappa shape index (κ2) is 7.13. The molecule has 1 heterocycles. The number of alkyl halides is 1. The van der Waals surface area contributed by atoms with Crippen molar-refractivity contribution in [2.24, 2.45) is 0 Å². The van der Waals surface area contributed by atoms with Crippen LogP contribution in [0.4, 0.5) is 5.69 Å². The number of anilines is 1. The number of rotatable bonds is 5. The van der Waals surface area contributed by atoms with Gasteiger partial charge in [-0.2, -0.15) is 0 Å². The van der Waals surface area contributed by atoms with Crippen molar-refractivity contribution in [3.05, 3.63) is 41.7 Å². The first-order valence-corrected chi connectivity index (χ1v) is 8.25. The molecule has 2 rings (SSSR count). The zero-order valence-electron chi connectivity index (χ0n) is 14.1. The minimum Gasteiger partial charge on any atom is -0.305 e. The second-order valence-electron chi connectivity index (χ2n) is 6.46. The number of hydrogen-bond acceptors (Lipinski definition) is 3. The van der Waals surface area contributed by atoms with Gasteiger partial charge in [-0.3, -0.25) is 4.79 Å². The number of aromatic nitrogens is 3. The molecule has 124 valence electrons. The Bertz CT molecular complexity index is 658. The van der Waals surface area contributed by atoms with Crippen LogP contribution >= 0.6 is 11.6 Å². The molecule has 0 fully saturated rings. The molecule has 1 aromatic carbocycles. The van der Waals surface area contributed by atoms with Gasteiger partial charge >= 0.3 is 0 Å². The lowest BCUT2D eigenvalue weighted by Gasteiger charge is -2.21. The second-order valence-corrected chi connectivity index (χ2v) is 6.73. The molecule has 0 spiro atoms. The summed E-state index contributed by atoms with van der Waals surface area (Å²) in [4.78, 5) is 13.9. The average molecular weight is 335 g/mol. The third-order valence-corrected chi connectivity index (χ3v) is 3.85. The van der Waals surface area contributed by atoms with E-state index in [4.69, 9.17) is 11.6 Å². The number of hydrogen-bond donors (Lipinski definition) is 0. The van der Waals surface area contributed by atoms with Gasteiger partial charge < -0.3 is 4.90 Å². The predicted octanol–water partition coefficient (Wildman–Crippen LogP) is 3.37. The summed E-state index contributed by atoms with van der Waals surface area (Å²) in [6.07, 6.45) is 2.83. The van der Waals surface area contributed by atoms with Crippen molar-refractivity contribution in [1.82, 2.24) is 15.0 Å². The molecule has 0 N–H and O–H groups in total. The fraction of sp³-hybridized carbons (Fsp3) is 0.471. The van der Waals surface area contributed by atoms with Gasteiger partial charge in [-0.15, -0.1) is 16.7 Å². The SMILES string of the molecule is CCc1ccc(N(Cc2cn(C(C)(C)C)nn2)C(=O)CCl)cc1. The van der Waals surface area contributed by atoms with Gasteiger partial charge in [-0.05, 0) is 44.9 Å². The molecule has 23 heavy (non-hydrogen) atoms. The molecule has 2 aromatic rings. The van der Waals surface area contributed by atoms with Crippen molar-refractivity contribution in [2.75, 3.05) is 10.8 Å². The number of carbonyl (C=O) groups is 1. The summed E-state index contributed by atoms with van der Waals surface area (Å²) >= 11 is 5.77. The molecule has 0 aliphatic heterocycles. The monoisotopic (exact) mass is 334 g/mol. The normalized spacial score (nSPS) is 11.5. The average Bonchev–Trinajstić information content (AvgIpc) is 3.01. The van der Waals surface area contributed by atoms with Crippen LogP contribution in [-0.4, -0.2) is 26.8 Å². The lowest BCUT2D eigenvalue weighted by atomic mass is 10.1. The number of aryl methyl sites for hydroxylation is 1. The molecule has 0 bridgehead atoms. The number of carbonyl (C=O) groups excluding carboxylic acids is 1. The first kappa shape index (κ1) is 17.5. The maximum atomic E-state index is 12.2. The van der Waals surface area contributed by atoms with Crippen molar-refractivity contribution in [2.45, 2.75) is 46.2 Å². The van der Waals surface area contributed by atoms with Gasteiger partial charge in [0.05, 0.1) is 18.3 Å². The third kappa shape index (κ3) is 4.32. The molecule has 0 aliphatic rings. The number of nitrogens with zero attached hydrogens (tertiary/aromatic N) is 4. The van der Waals surface area contributed by atoms with Crippen LogP contribution in [0, 0.1) is 0 Å². The molecule has 1 aromatic heterocycles. The Kier molecular flexibility index (Phi) is 5.42. The van der Waals surface area contributed by atoms with Crippen molar-refractivity contribution in [3.63, 3.8) is 0 Å². The van der Waals surface area contributed by atoms with Crippen LogP contribution in [0.1, 0.15) is 39.0 Å². The number of halogens is 1. The molecule has 0 saturated heterocycles. The molecular formula is C17H23ClN4O. The summed E-state index contributed by atoms with van der Waals surface area (Å²) in [6.45, 7) is 8.61. The van der Waals surface area contributed by atoms with Crippen LogP contribution in [0.25, 0.3) is 0 Å². The Morgan fingerprint density at radius 1 is 1.26 bits per heavy atom. The molecule has 6 heteroatoms. The summed E-state index contributed by atoms with van der Waals surface area (Å²) in [5.41, 5.74) is 2.64. The van der Waals surface area contributed by atoms with Gasteiger partial charge in [0, 0.05) is 5.69 Å². The summed E-state index contributed by atoms with van der Waals surface area (Å²) in [5.74, 6) is -0.218. The van der Waals surface area contributed by atoms with E-state index >= 15 is 0 Å². The highest BCUT2D eigenvalue weighted by Crippen LogP contribution is 2.19. The molecule has 0 atom stereocenters. The van der Waals surface area contributed by atoms with Crippen LogP contribution in [0.5, 0.6) is 0 Å². The summed E-state index contributed by atoms with van der Waals surface area (Å²) < 4.78 is 1.80. The zero-order valence-corrected chi connectivity index (χ0v) is 14.8. The van der Waals surface area contributed by atoms with Crippen molar-refractivity contribution in [3.8, 4) is 0 Å². The maximum Gasteiger partial charge on any atom is 0.242 e. The smallest absolute Gasteiger partial charge is 0.242 e. The van der Waals surface area contributed by atoms with E-state index in [1.54, 1.807) is 9.58 Å². The Morgan fingerprint density at radius 3 is 2.39 bits per heavy atom. The van der Waals surface area contributed by atoms with Crippen molar-refractivity contribution in [1.29, 1.82) is 0 Å². The van der Waals surface area contributed by atoms with E-state index in [2.05, 4.69) is 38.0 Å². The lowest BCUT2D eigenvalue weighted by Crippen LogP contribution is -2.31. The van der Waals surface area contributed by atoms with Gasteiger partial charge in [0.15, 0.2) is 0 Å². The van der Waals surface area contributed by atoms with Crippen LogP contribution in [0.3, 0.4) is 0 Å². The highest BCUT2D eigenvalue weighted by atomic mass is 35.5. The van der Waals surface area contributed by atoms with Crippen LogP contribution in [-0.2, 0) is 23.3 Å². The summed E-state index contributed by atoms with van der Waals surface area (Å²) in [6, 6.07) is 7.93. The minimum absolute atomic E-state index is 0.0665. The quantitative estimate of drug-likeness (QED) is 0.788. The zero-order chi connectivity index (χ0) is 17.0. The highest BCUT2D eigenvalue weighted by molar-refractivity contribution is 6.29. The first-order chi connectivity index (χ1) is 10.8. The Labute approximate surface area is 142 Å². The Morgan fingerprint density at radius 2 is 1.91 bits per heavy atom. The molecule has 0 unspecified atom stereocenters. The lowest BCUT2D eigenvalue weighted by molar-refractivity contribution is -0.116. The van der Waals surface area contributed by atoms with E-state index in [-0.39, 0.29) is 17.3 Å². The maximum absolute atomic E-state index is 12.2. The third-order valence-electron chi connectivity index (χ3n) is 3.62. The predicted molar refractivity (Wildman–Crippen MR) is 92.7 cm³/mol. The largest absolute Gasteiger partial charge is 0.305 e. The highest BCUT2D eigenvalue weighted by Gasteiger charge is 2.19. The Hall–Kier alpha value is -1.88. The van der Waals surface area contributed by atoms with E-state index in [0.717, 1.165) is 17.8 Å². The summed E-state index contributed by atoms with van der Waals surface area (Å²) in [5, 5.41) is 8.32. The standard InChI is InChI=1S/C17H23ClN4O/c1-5-13-6-8-15(9-7-13)21(16(23)10-18)11-14-12-22(20-19-14)17(2,3)4/h6-9,12H,5,10-11H2,1-4H3. The van der Waals surface area contributed by atoms with Gasteiger partial charge in [-0.25, -0.2) is 4.68 Å². The molecule has 1 amide bonds. The molecular weight excluding hydrogens is 312 g/mol. The van der Waals surface area contributed by atoms with Crippen LogP contribution in [0.15, 0.2) is 30.5 Å². The Balaban J connectivity index is 2.25. The number of benzene rings is 1. The van der Waals surface area contributed by atoms with E-state index in [9.17, 15) is 4.79 Å². The van der Waals surface area contributed by atoms with E-state index in [1.807, 2.05) is 30.5 Å². The molecule has 0 saturated carbocycles.